The van der Waals surface area contributed by atoms with Crippen molar-refractivity contribution in [3.63, 3.8) is 0 Å². The summed E-state index contributed by atoms with van der Waals surface area (Å²) in [5, 5.41) is -0.254. The van der Waals surface area contributed by atoms with Crippen LogP contribution in [0.1, 0.15) is 16.8 Å². The van der Waals surface area contributed by atoms with Crippen molar-refractivity contribution >= 4 is 29.0 Å². The van der Waals surface area contributed by atoms with Gasteiger partial charge in [-0.15, -0.1) is 6.58 Å². The summed E-state index contributed by atoms with van der Waals surface area (Å²) in [7, 11) is 0. The summed E-state index contributed by atoms with van der Waals surface area (Å²) in [6, 6.07) is 10.1. The van der Waals surface area contributed by atoms with E-state index in [1.54, 1.807) is 12.2 Å². The predicted molar refractivity (Wildman–Crippen MR) is 98.1 cm³/mol. The third-order valence-corrected chi connectivity index (χ3v) is 4.92. The highest BCUT2D eigenvalue weighted by molar-refractivity contribution is 8.18. The molecule has 0 N–H and O–H groups in total. The first kappa shape index (κ1) is 16.3. The Morgan fingerprint density at radius 2 is 1.96 bits per heavy atom. The molecule has 0 saturated carbocycles. The Kier molecular flexibility index (Phi) is 4.44. The molecule has 5 heteroatoms. The quantitative estimate of drug-likeness (QED) is 0.616. The van der Waals surface area contributed by atoms with Gasteiger partial charge in [0.2, 0.25) is 0 Å². The van der Waals surface area contributed by atoms with Crippen LogP contribution >= 0.6 is 11.8 Å². The second-order valence-corrected chi connectivity index (χ2v) is 6.65. The smallest absolute Gasteiger partial charge is 0.293 e. The predicted octanol–water partition coefficient (Wildman–Crippen LogP) is 4.32. The van der Waals surface area contributed by atoms with Gasteiger partial charge in [-0.2, -0.15) is 0 Å². The summed E-state index contributed by atoms with van der Waals surface area (Å²) < 4.78 is 2.01. The monoisotopic (exact) mass is 338 g/mol. The van der Waals surface area contributed by atoms with E-state index < -0.39 is 0 Å². The van der Waals surface area contributed by atoms with Crippen LogP contribution in [0.15, 0.2) is 54.1 Å². The Hall–Kier alpha value is -2.53. The van der Waals surface area contributed by atoms with Crippen LogP contribution in [0.4, 0.5) is 4.79 Å². The molecule has 1 aliphatic heterocycles. The lowest BCUT2D eigenvalue weighted by molar-refractivity contribution is -0.122. The minimum absolute atomic E-state index is 0.236. The molecule has 1 aromatic carbocycles. The first-order valence-electron chi connectivity index (χ1n) is 7.62. The molecule has 0 bridgehead atoms. The molecule has 0 radical (unpaired) electrons. The topological polar surface area (TPSA) is 42.3 Å². The van der Waals surface area contributed by atoms with E-state index in [0.717, 1.165) is 23.1 Å². The molecule has 3 rings (SSSR count). The average molecular weight is 338 g/mol. The Balaban J connectivity index is 1.96. The van der Waals surface area contributed by atoms with Crippen molar-refractivity contribution in [3.8, 4) is 5.69 Å². The van der Waals surface area contributed by atoms with E-state index in [1.807, 2.05) is 29.0 Å². The van der Waals surface area contributed by atoms with E-state index in [-0.39, 0.29) is 17.7 Å². The van der Waals surface area contributed by atoms with E-state index in [9.17, 15) is 9.59 Å². The van der Waals surface area contributed by atoms with Gasteiger partial charge in [-0.1, -0.05) is 12.1 Å². The maximum Gasteiger partial charge on any atom is 0.293 e. The first-order chi connectivity index (χ1) is 11.5. The van der Waals surface area contributed by atoms with Gasteiger partial charge in [0.15, 0.2) is 0 Å². The zero-order valence-electron chi connectivity index (χ0n) is 13.7. The van der Waals surface area contributed by atoms with Gasteiger partial charge in [-0.25, -0.2) is 0 Å². The number of benzene rings is 1. The Morgan fingerprint density at radius 1 is 1.17 bits per heavy atom. The number of amides is 2. The van der Waals surface area contributed by atoms with Gasteiger partial charge in [0, 0.05) is 24.1 Å². The normalized spacial score (nSPS) is 16.2. The molecule has 1 aromatic heterocycles. The molecule has 2 amide bonds. The number of carbonyl (C=O) groups is 2. The number of imide groups is 1. The van der Waals surface area contributed by atoms with Gasteiger partial charge in [-0.3, -0.25) is 14.5 Å². The number of hydrogen-bond acceptors (Lipinski definition) is 3. The molecule has 0 atom stereocenters. The second kappa shape index (κ2) is 6.53. The summed E-state index contributed by atoms with van der Waals surface area (Å²) in [5.41, 5.74) is 4.33. The largest absolute Gasteiger partial charge is 0.317 e. The average Bonchev–Trinajstić information content (AvgIpc) is 3.11. The second-order valence-electron chi connectivity index (χ2n) is 5.65. The van der Waals surface area contributed by atoms with Crippen LogP contribution in [0.25, 0.3) is 11.8 Å². The molecule has 4 nitrogen and oxygen atoms in total. The molecular formula is C19H18N2O2S. The Morgan fingerprint density at radius 3 is 2.67 bits per heavy atom. The van der Waals surface area contributed by atoms with Crippen LogP contribution in [0.2, 0.25) is 0 Å². The minimum atomic E-state index is -0.266. The van der Waals surface area contributed by atoms with Crippen molar-refractivity contribution in [1.82, 2.24) is 9.47 Å². The van der Waals surface area contributed by atoms with Crippen LogP contribution in [-0.4, -0.2) is 27.2 Å². The van der Waals surface area contributed by atoms with Crippen molar-refractivity contribution in [2.45, 2.75) is 13.8 Å². The summed E-state index contributed by atoms with van der Waals surface area (Å²) in [5.74, 6) is -0.266. The summed E-state index contributed by atoms with van der Waals surface area (Å²) >= 11 is 0.967. The highest BCUT2D eigenvalue weighted by Crippen LogP contribution is 2.32. The van der Waals surface area contributed by atoms with E-state index in [0.29, 0.717) is 4.91 Å². The van der Waals surface area contributed by atoms with Crippen molar-refractivity contribution in [2.75, 3.05) is 6.54 Å². The van der Waals surface area contributed by atoms with Gasteiger partial charge in [-0.05, 0) is 67.1 Å². The van der Waals surface area contributed by atoms with Crippen LogP contribution in [-0.2, 0) is 4.79 Å². The SMILES string of the molecule is C=CCN1C(=O)SC(=Cc2cccn2-c2ccc(C)c(C)c2)C1=O. The third kappa shape index (κ3) is 2.95. The number of thioether (sulfide) groups is 1. The van der Waals surface area contributed by atoms with E-state index in [2.05, 4.69) is 32.6 Å². The van der Waals surface area contributed by atoms with Crippen LogP contribution in [0, 0.1) is 13.8 Å². The van der Waals surface area contributed by atoms with Crippen molar-refractivity contribution < 1.29 is 9.59 Å². The van der Waals surface area contributed by atoms with Crippen molar-refractivity contribution in [1.29, 1.82) is 0 Å². The molecule has 0 spiro atoms. The zero-order valence-corrected chi connectivity index (χ0v) is 14.5. The lowest BCUT2D eigenvalue weighted by atomic mass is 10.1. The first-order valence-corrected chi connectivity index (χ1v) is 8.44. The molecule has 2 heterocycles. The number of carbonyl (C=O) groups excluding carboxylic acids is 2. The lowest BCUT2D eigenvalue weighted by Gasteiger charge is -2.10. The molecule has 0 aliphatic carbocycles. The number of nitrogens with zero attached hydrogens (tertiary/aromatic N) is 2. The number of hydrogen-bond donors (Lipinski definition) is 0. The molecule has 2 aromatic rings. The van der Waals surface area contributed by atoms with Crippen LogP contribution in [0.5, 0.6) is 0 Å². The Bertz CT molecular complexity index is 864. The molecule has 0 unspecified atom stereocenters. The van der Waals surface area contributed by atoms with Crippen molar-refractivity contribution in [2.24, 2.45) is 0 Å². The highest BCUT2D eigenvalue weighted by atomic mass is 32.2. The maximum absolute atomic E-state index is 12.3. The molecule has 1 saturated heterocycles. The minimum Gasteiger partial charge on any atom is -0.317 e. The van der Waals surface area contributed by atoms with Crippen LogP contribution < -0.4 is 0 Å². The van der Waals surface area contributed by atoms with E-state index in [4.69, 9.17) is 0 Å². The standard InChI is InChI=1S/C19H18N2O2S/c1-4-9-21-18(22)17(24-19(21)23)12-15-6-5-10-20(15)16-8-7-13(2)14(3)11-16/h4-8,10-12H,1,9H2,2-3H3. The van der Waals surface area contributed by atoms with Gasteiger partial charge >= 0.3 is 0 Å². The Labute approximate surface area is 145 Å². The van der Waals surface area contributed by atoms with Gasteiger partial charge < -0.3 is 4.57 Å². The molecule has 24 heavy (non-hydrogen) atoms. The van der Waals surface area contributed by atoms with Crippen molar-refractivity contribution in [3.05, 3.63) is 70.9 Å². The molecule has 122 valence electrons. The fourth-order valence-electron chi connectivity index (χ4n) is 2.54. The fraction of sp³-hybridized carbons (Fsp3) is 0.158. The number of aryl methyl sites for hydroxylation is 2. The van der Waals surface area contributed by atoms with Gasteiger partial charge in [0.25, 0.3) is 11.1 Å². The van der Waals surface area contributed by atoms with E-state index in [1.165, 1.54) is 16.0 Å². The molecule has 1 fully saturated rings. The van der Waals surface area contributed by atoms with Gasteiger partial charge in [0.05, 0.1) is 4.91 Å². The summed E-state index contributed by atoms with van der Waals surface area (Å²) in [6.45, 7) is 7.97. The summed E-state index contributed by atoms with van der Waals surface area (Å²) in [4.78, 5) is 25.9. The van der Waals surface area contributed by atoms with Gasteiger partial charge in [0.1, 0.15) is 0 Å². The number of rotatable bonds is 4. The third-order valence-electron chi connectivity index (χ3n) is 4.01. The maximum atomic E-state index is 12.3. The number of aromatic nitrogens is 1. The highest BCUT2D eigenvalue weighted by Gasteiger charge is 2.34. The van der Waals surface area contributed by atoms with Crippen LogP contribution in [0.3, 0.4) is 0 Å². The lowest BCUT2D eigenvalue weighted by Crippen LogP contribution is -2.27. The summed E-state index contributed by atoms with van der Waals surface area (Å²) in [6.07, 6.45) is 5.27. The fourth-order valence-corrected chi connectivity index (χ4v) is 3.38. The molecular weight excluding hydrogens is 320 g/mol. The zero-order chi connectivity index (χ0) is 17.3. The molecule has 1 aliphatic rings. The van der Waals surface area contributed by atoms with E-state index >= 15 is 0 Å².